The molecule has 9 nitrogen and oxygen atoms in total. The predicted molar refractivity (Wildman–Crippen MR) is 81.0 cm³/mol. The maximum absolute atomic E-state index is 11.7. The van der Waals surface area contributed by atoms with Gasteiger partial charge in [-0.1, -0.05) is 5.21 Å². The van der Waals surface area contributed by atoms with E-state index in [0.717, 1.165) is 12.8 Å². The molecule has 0 unspecified atom stereocenters. The van der Waals surface area contributed by atoms with E-state index in [0.29, 0.717) is 18.7 Å². The van der Waals surface area contributed by atoms with Gasteiger partial charge in [-0.25, -0.2) is 14.3 Å². The lowest BCUT2D eigenvalue weighted by molar-refractivity contribution is 0.0519. The van der Waals surface area contributed by atoms with Gasteiger partial charge in [-0.3, -0.25) is 0 Å². The number of carboxylic acid groups (broad SMARTS) is 1. The van der Waals surface area contributed by atoms with Gasteiger partial charge in [-0.05, 0) is 40.0 Å². The van der Waals surface area contributed by atoms with Gasteiger partial charge in [0.1, 0.15) is 5.60 Å². The minimum Gasteiger partial charge on any atom is -0.476 e. The number of alkyl carbamates (subject to hydrolysis) is 1. The third-order valence-electron chi connectivity index (χ3n) is 2.87. The highest BCUT2D eigenvalue weighted by Gasteiger charge is 2.21. The highest BCUT2D eigenvalue weighted by molar-refractivity contribution is 5.86. The summed E-state index contributed by atoms with van der Waals surface area (Å²) in [7, 11) is 0. The van der Waals surface area contributed by atoms with Crippen LogP contribution in [0.25, 0.3) is 0 Å². The van der Waals surface area contributed by atoms with Crippen molar-refractivity contribution in [2.24, 2.45) is 0 Å². The molecule has 0 spiro atoms. The highest BCUT2D eigenvalue weighted by atomic mass is 16.6. The van der Waals surface area contributed by atoms with E-state index in [1.165, 1.54) is 4.68 Å². The van der Waals surface area contributed by atoms with E-state index in [4.69, 9.17) is 14.9 Å². The van der Waals surface area contributed by atoms with Crippen LogP contribution in [0.2, 0.25) is 0 Å². The Hall–Kier alpha value is -2.16. The van der Waals surface area contributed by atoms with Crippen LogP contribution in [0.4, 0.5) is 4.79 Å². The molecule has 0 aromatic carbocycles. The first kappa shape index (κ1) is 18.9. The summed E-state index contributed by atoms with van der Waals surface area (Å²) in [5, 5.41) is 27.9. The van der Waals surface area contributed by atoms with E-state index in [2.05, 4.69) is 15.6 Å². The standard InChI is InChI=1S/C14H24N4O5/c1-14(2,3)23-13(22)15-9-10-11(12(20)21)16-17-18(10)7-5-4-6-8-19/h19H,4-9H2,1-3H3,(H,15,22)(H,20,21). The van der Waals surface area contributed by atoms with Crippen molar-refractivity contribution in [3.63, 3.8) is 0 Å². The molecule has 0 atom stereocenters. The molecule has 1 aromatic heterocycles. The smallest absolute Gasteiger partial charge is 0.407 e. The molecule has 1 aromatic rings. The van der Waals surface area contributed by atoms with Crippen molar-refractivity contribution >= 4 is 12.1 Å². The Bertz CT molecular complexity index is 536. The minimum atomic E-state index is -1.20. The van der Waals surface area contributed by atoms with Crippen molar-refractivity contribution in [3.05, 3.63) is 11.4 Å². The second-order valence-corrected chi connectivity index (χ2v) is 6.05. The number of aromatic nitrogens is 3. The Labute approximate surface area is 134 Å². The zero-order chi connectivity index (χ0) is 17.5. The number of unbranched alkanes of at least 4 members (excludes halogenated alkanes) is 2. The third kappa shape index (κ3) is 6.64. The second-order valence-electron chi connectivity index (χ2n) is 6.05. The quantitative estimate of drug-likeness (QED) is 0.611. The number of aliphatic hydroxyl groups is 1. The number of aromatic carboxylic acids is 1. The first-order chi connectivity index (χ1) is 10.7. The van der Waals surface area contributed by atoms with Crippen molar-refractivity contribution in [2.75, 3.05) is 6.61 Å². The maximum Gasteiger partial charge on any atom is 0.407 e. The molecule has 0 aliphatic heterocycles. The fourth-order valence-electron chi connectivity index (χ4n) is 1.87. The number of carbonyl (C=O) groups excluding carboxylic acids is 1. The number of aliphatic hydroxyl groups excluding tert-OH is 1. The van der Waals surface area contributed by atoms with Crippen LogP contribution in [0.5, 0.6) is 0 Å². The largest absolute Gasteiger partial charge is 0.476 e. The van der Waals surface area contributed by atoms with Gasteiger partial charge >= 0.3 is 12.1 Å². The normalized spacial score (nSPS) is 11.3. The van der Waals surface area contributed by atoms with Gasteiger partial charge in [-0.15, -0.1) is 5.10 Å². The summed E-state index contributed by atoms with van der Waals surface area (Å²) >= 11 is 0. The van der Waals surface area contributed by atoms with Gasteiger partial charge in [-0.2, -0.15) is 0 Å². The Morgan fingerprint density at radius 3 is 2.52 bits per heavy atom. The van der Waals surface area contributed by atoms with Crippen LogP contribution in [0, 0.1) is 0 Å². The summed E-state index contributed by atoms with van der Waals surface area (Å²) in [6.07, 6.45) is 1.55. The molecule has 3 N–H and O–H groups in total. The Morgan fingerprint density at radius 2 is 1.96 bits per heavy atom. The molecule has 0 saturated carbocycles. The molecule has 0 aliphatic carbocycles. The van der Waals surface area contributed by atoms with Crippen LogP contribution in [0.3, 0.4) is 0 Å². The van der Waals surface area contributed by atoms with E-state index in [1.54, 1.807) is 20.8 Å². The lowest BCUT2D eigenvalue weighted by Gasteiger charge is -2.19. The SMILES string of the molecule is CC(C)(C)OC(=O)NCc1c(C(=O)O)nnn1CCCCCO. The van der Waals surface area contributed by atoms with Gasteiger partial charge < -0.3 is 20.3 Å². The molecule has 0 fully saturated rings. The molecule has 0 saturated heterocycles. The van der Waals surface area contributed by atoms with E-state index in [1.807, 2.05) is 0 Å². The summed E-state index contributed by atoms with van der Waals surface area (Å²) < 4.78 is 6.57. The number of rotatable bonds is 8. The summed E-state index contributed by atoms with van der Waals surface area (Å²) in [6.45, 7) is 5.76. The van der Waals surface area contributed by atoms with Crippen LogP contribution < -0.4 is 5.32 Å². The Balaban J connectivity index is 2.71. The van der Waals surface area contributed by atoms with Gasteiger partial charge in [0.05, 0.1) is 12.2 Å². The topological polar surface area (TPSA) is 127 Å². The molecular formula is C14H24N4O5. The molecule has 1 heterocycles. The molecule has 0 bridgehead atoms. The number of nitrogens with one attached hydrogen (secondary N) is 1. The van der Waals surface area contributed by atoms with Gasteiger partial charge in [0.25, 0.3) is 0 Å². The summed E-state index contributed by atoms with van der Waals surface area (Å²) in [5.74, 6) is -1.20. The maximum atomic E-state index is 11.7. The minimum absolute atomic E-state index is 0.0381. The van der Waals surface area contributed by atoms with Crippen molar-refractivity contribution < 1.29 is 24.5 Å². The number of aryl methyl sites for hydroxylation is 1. The first-order valence-corrected chi connectivity index (χ1v) is 7.48. The molecule has 0 radical (unpaired) electrons. The van der Waals surface area contributed by atoms with E-state index < -0.39 is 17.7 Å². The zero-order valence-corrected chi connectivity index (χ0v) is 13.7. The van der Waals surface area contributed by atoms with Crippen molar-refractivity contribution in [1.29, 1.82) is 0 Å². The summed E-state index contributed by atoms with van der Waals surface area (Å²) in [4.78, 5) is 22.9. The molecular weight excluding hydrogens is 304 g/mol. The lowest BCUT2D eigenvalue weighted by atomic mass is 10.2. The van der Waals surface area contributed by atoms with Crippen molar-refractivity contribution in [3.8, 4) is 0 Å². The highest BCUT2D eigenvalue weighted by Crippen LogP contribution is 2.10. The number of nitrogens with zero attached hydrogens (tertiary/aromatic N) is 3. The number of hydrogen-bond donors (Lipinski definition) is 3. The fourth-order valence-corrected chi connectivity index (χ4v) is 1.87. The number of amides is 1. The molecule has 23 heavy (non-hydrogen) atoms. The average Bonchev–Trinajstić information content (AvgIpc) is 2.82. The first-order valence-electron chi connectivity index (χ1n) is 7.48. The molecule has 1 amide bonds. The third-order valence-corrected chi connectivity index (χ3v) is 2.87. The van der Waals surface area contributed by atoms with Crippen molar-refractivity contribution in [1.82, 2.24) is 20.3 Å². The monoisotopic (exact) mass is 328 g/mol. The molecule has 130 valence electrons. The number of hydrogen-bond acceptors (Lipinski definition) is 6. The Morgan fingerprint density at radius 1 is 1.26 bits per heavy atom. The lowest BCUT2D eigenvalue weighted by Crippen LogP contribution is -2.33. The molecule has 9 heteroatoms. The van der Waals surface area contributed by atoms with Crippen LogP contribution in [-0.2, 0) is 17.8 Å². The van der Waals surface area contributed by atoms with Crippen LogP contribution >= 0.6 is 0 Å². The Kier molecular flexibility index (Phi) is 6.95. The van der Waals surface area contributed by atoms with Crippen LogP contribution in [0.15, 0.2) is 0 Å². The van der Waals surface area contributed by atoms with Gasteiger partial charge in [0.15, 0.2) is 5.69 Å². The molecule has 0 aliphatic rings. The van der Waals surface area contributed by atoms with Gasteiger partial charge in [0.2, 0.25) is 0 Å². The van der Waals surface area contributed by atoms with E-state index in [9.17, 15) is 9.59 Å². The van der Waals surface area contributed by atoms with E-state index in [-0.39, 0.29) is 18.8 Å². The van der Waals surface area contributed by atoms with Crippen LogP contribution in [-0.4, -0.2) is 49.5 Å². The van der Waals surface area contributed by atoms with Crippen LogP contribution in [0.1, 0.15) is 56.2 Å². The van der Waals surface area contributed by atoms with Crippen molar-refractivity contribution in [2.45, 2.75) is 58.7 Å². The van der Waals surface area contributed by atoms with E-state index >= 15 is 0 Å². The number of carbonyl (C=O) groups is 2. The summed E-state index contributed by atoms with van der Waals surface area (Å²) in [6, 6.07) is 0. The van der Waals surface area contributed by atoms with Gasteiger partial charge in [0, 0.05) is 13.2 Å². The summed E-state index contributed by atoms with van der Waals surface area (Å²) in [5.41, 5.74) is -0.516. The fraction of sp³-hybridized carbons (Fsp3) is 0.714. The second kappa shape index (κ2) is 8.47. The molecule has 1 rings (SSSR count). The zero-order valence-electron chi connectivity index (χ0n) is 13.7. The average molecular weight is 328 g/mol. The predicted octanol–water partition coefficient (Wildman–Crippen LogP) is 1.16. The number of carboxylic acids is 1. The number of ether oxygens (including phenoxy) is 1.